The van der Waals surface area contributed by atoms with Crippen LogP contribution in [0.15, 0.2) is 12.3 Å². The summed E-state index contributed by atoms with van der Waals surface area (Å²) in [6.07, 6.45) is 6.06. The van der Waals surface area contributed by atoms with Crippen LogP contribution in [0.2, 0.25) is 0 Å². The van der Waals surface area contributed by atoms with Gasteiger partial charge in [0.25, 0.3) is 0 Å². The van der Waals surface area contributed by atoms with Crippen molar-refractivity contribution in [3.63, 3.8) is 0 Å². The molecule has 0 unspecified atom stereocenters. The fraction of sp³-hybridized carbons (Fsp3) is 0.500. The van der Waals surface area contributed by atoms with Crippen LogP contribution in [0.25, 0.3) is 0 Å². The normalized spacial score (nSPS) is 15.4. The zero-order chi connectivity index (χ0) is 12.3. The van der Waals surface area contributed by atoms with Crippen LogP contribution in [0, 0.1) is 11.7 Å². The molecule has 17 heavy (non-hydrogen) atoms. The van der Waals surface area contributed by atoms with E-state index in [0.29, 0.717) is 6.54 Å². The van der Waals surface area contributed by atoms with E-state index in [1.807, 2.05) is 0 Å². The Kier molecular flexibility index (Phi) is 3.56. The van der Waals surface area contributed by atoms with E-state index in [4.69, 9.17) is 5.11 Å². The Balaban J connectivity index is 1.95. The highest BCUT2D eigenvalue weighted by Crippen LogP contribution is 2.29. The molecule has 0 aliphatic heterocycles. The minimum atomic E-state index is -1.27. The summed E-state index contributed by atoms with van der Waals surface area (Å²) < 4.78 is 13.6. The monoisotopic (exact) mass is 238 g/mol. The average molecular weight is 238 g/mol. The highest BCUT2D eigenvalue weighted by Gasteiger charge is 2.18. The number of carbonyl (C=O) groups is 1. The SMILES string of the molecule is O=C(O)c1ccnc(NCCC2CCC2)c1F. The molecule has 4 nitrogen and oxygen atoms in total. The highest BCUT2D eigenvalue weighted by atomic mass is 19.1. The van der Waals surface area contributed by atoms with Gasteiger partial charge >= 0.3 is 5.97 Å². The van der Waals surface area contributed by atoms with Gasteiger partial charge in [0.05, 0.1) is 0 Å². The van der Waals surface area contributed by atoms with Crippen molar-refractivity contribution in [3.05, 3.63) is 23.6 Å². The molecule has 0 spiro atoms. The zero-order valence-electron chi connectivity index (χ0n) is 9.45. The minimum absolute atomic E-state index is 0.0317. The van der Waals surface area contributed by atoms with E-state index in [1.165, 1.54) is 25.5 Å². The van der Waals surface area contributed by atoms with Crippen LogP contribution >= 0.6 is 0 Å². The zero-order valence-corrected chi connectivity index (χ0v) is 9.45. The fourth-order valence-electron chi connectivity index (χ4n) is 1.91. The molecule has 2 rings (SSSR count). The first-order valence-corrected chi connectivity index (χ1v) is 5.80. The van der Waals surface area contributed by atoms with E-state index >= 15 is 0 Å². The Labute approximate surface area is 98.9 Å². The van der Waals surface area contributed by atoms with Crippen molar-refractivity contribution in [3.8, 4) is 0 Å². The largest absolute Gasteiger partial charge is 0.478 e. The second-order valence-electron chi connectivity index (χ2n) is 4.34. The number of carboxylic acid groups (broad SMARTS) is 1. The van der Waals surface area contributed by atoms with Gasteiger partial charge in [-0.3, -0.25) is 0 Å². The summed E-state index contributed by atoms with van der Waals surface area (Å²) in [6.45, 7) is 0.637. The predicted octanol–water partition coefficient (Wildman–Crippen LogP) is 2.52. The van der Waals surface area contributed by atoms with Crippen molar-refractivity contribution in [1.82, 2.24) is 4.98 Å². The third-order valence-electron chi connectivity index (χ3n) is 3.19. The van der Waals surface area contributed by atoms with Gasteiger partial charge in [-0.1, -0.05) is 19.3 Å². The Bertz CT molecular complexity index is 419. The molecule has 1 aromatic rings. The maximum Gasteiger partial charge on any atom is 0.338 e. The molecule has 0 aromatic carbocycles. The van der Waals surface area contributed by atoms with Gasteiger partial charge in [0.15, 0.2) is 11.6 Å². The van der Waals surface area contributed by atoms with Gasteiger partial charge in [-0.15, -0.1) is 0 Å². The van der Waals surface area contributed by atoms with Gasteiger partial charge in [0.1, 0.15) is 5.56 Å². The molecule has 1 saturated carbocycles. The Morgan fingerprint density at radius 1 is 1.59 bits per heavy atom. The number of hydrogen-bond acceptors (Lipinski definition) is 3. The van der Waals surface area contributed by atoms with E-state index in [2.05, 4.69) is 10.3 Å². The van der Waals surface area contributed by atoms with Crippen LogP contribution in [0.5, 0.6) is 0 Å². The number of aromatic carboxylic acids is 1. The number of rotatable bonds is 5. The molecule has 0 amide bonds. The summed E-state index contributed by atoms with van der Waals surface area (Å²) in [4.78, 5) is 14.5. The first kappa shape index (κ1) is 11.8. The first-order valence-electron chi connectivity index (χ1n) is 5.80. The fourth-order valence-corrected chi connectivity index (χ4v) is 1.91. The number of carboxylic acids is 1. The molecule has 0 bridgehead atoms. The number of nitrogens with one attached hydrogen (secondary N) is 1. The first-order chi connectivity index (χ1) is 8.18. The smallest absolute Gasteiger partial charge is 0.338 e. The molecule has 5 heteroatoms. The second kappa shape index (κ2) is 5.12. The molecule has 1 aliphatic rings. The van der Waals surface area contributed by atoms with Gasteiger partial charge in [-0.25, -0.2) is 14.2 Å². The topological polar surface area (TPSA) is 62.2 Å². The number of nitrogens with zero attached hydrogens (tertiary/aromatic N) is 1. The van der Waals surface area contributed by atoms with E-state index in [0.717, 1.165) is 18.4 Å². The van der Waals surface area contributed by atoms with Gasteiger partial charge < -0.3 is 10.4 Å². The lowest BCUT2D eigenvalue weighted by Crippen LogP contribution is -2.17. The summed E-state index contributed by atoms with van der Waals surface area (Å²) in [5.74, 6) is -1.29. The van der Waals surface area contributed by atoms with E-state index in [1.54, 1.807) is 0 Å². The number of halogens is 1. The number of hydrogen-bond donors (Lipinski definition) is 2. The molecule has 0 atom stereocenters. The summed E-state index contributed by atoms with van der Waals surface area (Å²) in [5, 5.41) is 11.6. The Morgan fingerprint density at radius 2 is 2.35 bits per heavy atom. The van der Waals surface area contributed by atoms with Crippen LogP contribution in [0.1, 0.15) is 36.0 Å². The van der Waals surface area contributed by atoms with Crippen LogP contribution in [0.3, 0.4) is 0 Å². The van der Waals surface area contributed by atoms with Crippen LogP contribution in [-0.2, 0) is 0 Å². The number of anilines is 1. The lowest BCUT2D eigenvalue weighted by Gasteiger charge is -2.25. The van der Waals surface area contributed by atoms with Gasteiger partial charge in [-0.05, 0) is 18.4 Å². The van der Waals surface area contributed by atoms with Gasteiger partial charge in [0, 0.05) is 12.7 Å². The Hall–Kier alpha value is -1.65. The molecule has 0 saturated heterocycles. The molecule has 1 heterocycles. The second-order valence-corrected chi connectivity index (χ2v) is 4.34. The van der Waals surface area contributed by atoms with Gasteiger partial charge in [-0.2, -0.15) is 0 Å². The molecule has 2 N–H and O–H groups in total. The predicted molar refractivity (Wildman–Crippen MR) is 61.6 cm³/mol. The van der Waals surface area contributed by atoms with Crippen molar-refractivity contribution in [2.45, 2.75) is 25.7 Å². The molecule has 92 valence electrons. The molecular formula is C12H15FN2O2. The molecule has 1 fully saturated rings. The molecule has 0 radical (unpaired) electrons. The summed E-state index contributed by atoms with van der Waals surface area (Å²) in [7, 11) is 0. The van der Waals surface area contributed by atoms with Crippen molar-refractivity contribution in [1.29, 1.82) is 0 Å². The van der Waals surface area contributed by atoms with Crippen LogP contribution in [-0.4, -0.2) is 22.6 Å². The maximum atomic E-state index is 13.6. The third kappa shape index (κ3) is 2.72. The average Bonchev–Trinajstić information content (AvgIpc) is 2.23. The minimum Gasteiger partial charge on any atom is -0.478 e. The highest BCUT2D eigenvalue weighted by molar-refractivity contribution is 5.88. The van der Waals surface area contributed by atoms with Crippen molar-refractivity contribution in [2.24, 2.45) is 5.92 Å². The Morgan fingerprint density at radius 3 is 2.94 bits per heavy atom. The molecule has 1 aliphatic carbocycles. The number of pyridine rings is 1. The van der Waals surface area contributed by atoms with Crippen LogP contribution < -0.4 is 5.32 Å². The quantitative estimate of drug-likeness (QED) is 0.827. The van der Waals surface area contributed by atoms with Gasteiger partial charge in [0.2, 0.25) is 0 Å². The maximum absolute atomic E-state index is 13.6. The number of aromatic nitrogens is 1. The summed E-state index contributed by atoms with van der Waals surface area (Å²) >= 11 is 0. The van der Waals surface area contributed by atoms with E-state index in [-0.39, 0.29) is 11.4 Å². The molecule has 1 aromatic heterocycles. The van der Waals surface area contributed by atoms with Crippen molar-refractivity contribution >= 4 is 11.8 Å². The molecular weight excluding hydrogens is 223 g/mol. The van der Waals surface area contributed by atoms with Crippen molar-refractivity contribution < 1.29 is 14.3 Å². The summed E-state index contributed by atoms with van der Waals surface area (Å²) in [5.41, 5.74) is -0.342. The third-order valence-corrected chi connectivity index (χ3v) is 3.19. The standard InChI is InChI=1S/C12H15FN2O2/c13-10-9(12(16)17)5-7-15-11(10)14-6-4-8-2-1-3-8/h5,7-8H,1-4,6H2,(H,14,15)(H,16,17). The summed E-state index contributed by atoms with van der Waals surface area (Å²) in [6, 6.07) is 1.16. The van der Waals surface area contributed by atoms with E-state index < -0.39 is 11.8 Å². The van der Waals surface area contributed by atoms with Crippen LogP contribution in [0.4, 0.5) is 10.2 Å². The van der Waals surface area contributed by atoms with E-state index in [9.17, 15) is 9.18 Å². The van der Waals surface area contributed by atoms with Crippen molar-refractivity contribution in [2.75, 3.05) is 11.9 Å². The lowest BCUT2D eigenvalue weighted by molar-refractivity contribution is 0.0692. The lowest BCUT2D eigenvalue weighted by atomic mass is 9.83.